The lowest BCUT2D eigenvalue weighted by atomic mass is 10.1. The van der Waals surface area contributed by atoms with Gasteiger partial charge in [-0.3, -0.25) is 10.1 Å². The summed E-state index contributed by atoms with van der Waals surface area (Å²) in [6.45, 7) is -0.0389. The number of nitrogens with zero attached hydrogens (tertiary/aromatic N) is 5. The minimum absolute atomic E-state index is 0.00339. The van der Waals surface area contributed by atoms with Gasteiger partial charge in [-0.25, -0.2) is 13.4 Å². The fraction of sp³-hybridized carbons (Fsp3) is 0.174. The normalized spacial score (nSPS) is 10.8. The molecule has 2 aromatic carbocycles. The van der Waals surface area contributed by atoms with Crippen molar-refractivity contribution in [2.45, 2.75) is 17.7 Å². The zero-order valence-electron chi connectivity index (χ0n) is 17.8. The highest BCUT2D eigenvalue weighted by molar-refractivity contribution is 7.89. The van der Waals surface area contributed by atoms with Crippen LogP contribution in [0.3, 0.4) is 0 Å². The molecular formula is C23H18N6O3S2. The molecule has 1 aromatic heterocycles. The molecule has 0 atom stereocenters. The van der Waals surface area contributed by atoms with Crippen LogP contribution in [0.15, 0.2) is 58.8 Å². The summed E-state index contributed by atoms with van der Waals surface area (Å²) in [5.41, 5.74) is 2.25. The smallest absolute Gasteiger partial charge is 0.257 e. The monoisotopic (exact) mass is 490 g/mol. The standard InChI is InChI=1S/C23H18N6O3S2/c24-11-1-13-29(14-2-12-25)34(31,32)20-9-7-19(8-10-20)22(30)28-23-27-21(16-33-23)18-5-3-17(15-26)4-6-18/h3-10,16H,1-2,13-14H2,(H,27,28,30). The van der Waals surface area contributed by atoms with E-state index in [0.717, 1.165) is 9.87 Å². The van der Waals surface area contributed by atoms with E-state index in [1.165, 1.54) is 35.6 Å². The Hall–Kier alpha value is -4.08. The summed E-state index contributed by atoms with van der Waals surface area (Å²) in [5, 5.41) is 31.3. The fourth-order valence-electron chi connectivity index (χ4n) is 2.98. The highest BCUT2D eigenvalue weighted by atomic mass is 32.2. The van der Waals surface area contributed by atoms with Gasteiger partial charge in [-0.1, -0.05) is 12.1 Å². The SMILES string of the molecule is N#CCCN(CCC#N)S(=O)(=O)c1ccc(C(=O)Nc2nc(-c3ccc(C#N)cc3)cs2)cc1. The average molecular weight is 491 g/mol. The number of hydrogen-bond acceptors (Lipinski definition) is 8. The average Bonchev–Trinajstić information content (AvgIpc) is 3.32. The third-order valence-corrected chi connectivity index (χ3v) is 7.41. The molecule has 1 N–H and O–H groups in total. The number of carbonyl (C=O) groups excluding carboxylic acids is 1. The lowest BCUT2D eigenvalue weighted by Gasteiger charge is -2.20. The van der Waals surface area contributed by atoms with E-state index in [1.54, 1.807) is 29.6 Å². The lowest BCUT2D eigenvalue weighted by molar-refractivity contribution is 0.102. The molecule has 0 spiro atoms. The number of thiazole rings is 1. The second-order valence-corrected chi connectivity index (χ2v) is 9.72. The predicted molar refractivity (Wildman–Crippen MR) is 126 cm³/mol. The summed E-state index contributed by atoms with van der Waals surface area (Å²) in [6, 6.07) is 18.2. The molecule has 0 aliphatic rings. The van der Waals surface area contributed by atoms with E-state index in [0.29, 0.717) is 16.4 Å². The van der Waals surface area contributed by atoms with Crippen molar-refractivity contribution in [2.75, 3.05) is 18.4 Å². The number of aromatic nitrogens is 1. The Labute approximate surface area is 201 Å². The topological polar surface area (TPSA) is 151 Å². The summed E-state index contributed by atoms with van der Waals surface area (Å²) < 4.78 is 26.8. The molecular weight excluding hydrogens is 472 g/mol. The van der Waals surface area contributed by atoms with Gasteiger partial charge in [-0.15, -0.1) is 11.3 Å². The van der Waals surface area contributed by atoms with Crippen LogP contribution in [0.4, 0.5) is 5.13 Å². The summed E-state index contributed by atoms with van der Waals surface area (Å²) in [5.74, 6) is -0.449. The van der Waals surface area contributed by atoms with E-state index in [9.17, 15) is 13.2 Å². The van der Waals surface area contributed by atoms with Crippen LogP contribution in [0.25, 0.3) is 11.3 Å². The molecule has 11 heteroatoms. The lowest BCUT2D eigenvalue weighted by Crippen LogP contribution is -2.32. The molecule has 0 radical (unpaired) electrons. The van der Waals surface area contributed by atoms with Crippen LogP contribution >= 0.6 is 11.3 Å². The number of amides is 1. The van der Waals surface area contributed by atoms with E-state index in [2.05, 4.69) is 16.4 Å². The molecule has 34 heavy (non-hydrogen) atoms. The Bertz CT molecular complexity index is 1380. The number of nitriles is 3. The second kappa shape index (κ2) is 11.2. The molecule has 3 rings (SSSR count). The molecule has 0 fully saturated rings. The molecule has 170 valence electrons. The number of nitrogens with one attached hydrogen (secondary N) is 1. The van der Waals surface area contributed by atoms with E-state index >= 15 is 0 Å². The third-order valence-electron chi connectivity index (χ3n) is 4.73. The Kier molecular flexibility index (Phi) is 8.07. The predicted octanol–water partition coefficient (Wildman–Crippen LogP) is 3.75. The van der Waals surface area contributed by atoms with Crippen molar-refractivity contribution in [3.63, 3.8) is 0 Å². The number of rotatable bonds is 9. The van der Waals surface area contributed by atoms with Gasteiger partial charge in [0.1, 0.15) is 0 Å². The number of carbonyl (C=O) groups is 1. The van der Waals surface area contributed by atoms with Crippen LogP contribution < -0.4 is 5.32 Å². The highest BCUT2D eigenvalue weighted by Gasteiger charge is 2.24. The van der Waals surface area contributed by atoms with Crippen LogP contribution in [-0.2, 0) is 10.0 Å². The molecule has 1 heterocycles. The molecule has 1 amide bonds. The zero-order chi connectivity index (χ0) is 24.6. The van der Waals surface area contributed by atoms with Gasteiger partial charge in [-0.2, -0.15) is 20.1 Å². The van der Waals surface area contributed by atoms with Gasteiger partial charge >= 0.3 is 0 Å². The minimum Gasteiger partial charge on any atom is -0.298 e. The molecule has 0 saturated heterocycles. The Morgan fingerprint density at radius 1 is 0.971 bits per heavy atom. The van der Waals surface area contributed by atoms with Gasteiger partial charge < -0.3 is 0 Å². The molecule has 0 unspecified atom stereocenters. The molecule has 3 aromatic rings. The van der Waals surface area contributed by atoms with Gasteiger partial charge in [0, 0.05) is 42.4 Å². The number of sulfonamides is 1. The van der Waals surface area contributed by atoms with Crippen molar-refractivity contribution < 1.29 is 13.2 Å². The van der Waals surface area contributed by atoms with Crippen molar-refractivity contribution in [3.05, 3.63) is 65.0 Å². The summed E-state index contributed by atoms with van der Waals surface area (Å²) in [7, 11) is -3.91. The maximum Gasteiger partial charge on any atom is 0.257 e. The first-order chi connectivity index (χ1) is 16.4. The van der Waals surface area contributed by atoms with E-state index in [-0.39, 0.29) is 36.4 Å². The summed E-state index contributed by atoms with van der Waals surface area (Å²) in [6.07, 6.45) is 0.00678. The molecule has 9 nitrogen and oxygen atoms in total. The first kappa shape index (κ1) is 24.6. The van der Waals surface area contributed by atoms with E-state index in [1.807, 2.05) is 12.1 Å². The van der Waals surface area contributed by atoms with E-state index in [4.69, 9.17) is 15.8 Å². The first-order valence-electron chi connectivity index (χ1n) is 10.0. The third kappa shape index (κ3) is 5.83. The van der Waals surface area contributed by atoms with E-state index < -0.39 is 15.9 Å². The van der Waals surface area contributed by atoms with Crippen LogP contribution in [0, 0.1) is 34.0 Å². The molecule has 0 saturated carbocycles. The minimum atomic E-state index is -3.91. The van der Waals surface area contributed by atoms with Crippen molar-refractivity contribution in [3.8, 4) is 29.5 Å². The maximum absolute atomic E-state index is 12.9. The first-order valence-corrected chi connectivity index (χ1v) is 12.3. The van der Waals surface area contributed by atoms with Gasteiger partial charge in [-0.05, 0) is 36.4 Å². The van der Waals surface area contributed by atoms with Crippen LogP contribution in [0.2, 0.25) is 0 Å². The number of hydrogen-bond donors (Lipinski definition) is 1. The Morgan fingerprint density at radius 3 is 2.15 bits per heavy atom. The van der Waals surface area contributed by atoms with Crippen LogP contribution in [-0.4, -0.2) is 36.7 Å². The van der Waals surface area contributed by atoms with Crippen LogP contribution in [0.5, 0.6) is 0 Å². The zero-order valence-corrected chi connectivity index (χ0v) is 19.4. The quantitative estimate of drug-likeness (QED) is 0.479. The molecule has 0 aliphatic carbocycles. The fourth-order valence-corrected chi connectivity index (χ4v) is 5.13. The molecule has 0 bridgehead atoms. The van der Waals surface area contributed by atoms with Gasteiger partial charge in [0.2, 0.25) is 10.0 Å². The van der Waals surface area contributed by atoms with Crippen molar-refractivity contribution >= 4 is 32.4 Å². The number of anilines is 1. The van der Waals surface area contributed by atoms with Gasteiger partial charge in [0.15, 0.2) is 5.13 Å². The number of benzene rings is 2. The maximum atomic E-state index is 12.9. The van der Waals surface area contributed by atoms with Crippen molar-refractivity contribution in [1.29, 1.82) is 15.8 Å². The second-order valence-electron chi connectivity index (χ2n) is 6.93. The van der Waals surface area contributed by atoms with Gasteiger partial charge in [0.05, 0.1) is 34.4 Å². The largest absolute Gasteiger partial charge is 0.298 e. The highest BCUT2D eigenvalue weighted by Crippen LogP contribution is 2.26. The molecule has 0 aliphatic heterocycles. The van der Waals surface area contributed by atoms with Crippen molar-refractivity contribution in [2.24, 2.45) is 0 Å². The van der Waals surface area contributed by atoms with Crippen molar-refractivity contribution in [1.82, 2.24) is 9.29 Å². The van der Waals surface area contributed by atoms with Crippen LogP contribution in [0.1, 0.15) is 28.8 Å². The Morgan fingerprint density at radius 2 is 1.59 bits per heavy atom. The Balaban J connectivity index is 1.71. The van der Waals surface area contributed by atoms with Gasteiger partial charge in [0.25, 0.3) is 5.91 Å². The summed E-state index contributed by atoms with van der Waals surface area (Å²) >= 11 is 1.24. The summed E-state index contributed by atoms with van der Waals surface area (Å²) in [4.78, 5) is 17.0.